The molecule has 0 saturated heterocycles. The van der Waals surface area contributed by atoms with Crippen LogP contribution in [0.3, 0.4) is 0 Å². The van der Waals surface area contributed by atoms with Crippen molar-refractivity contribution >= 4 is 17.3 Å². The summed E-state index contributed by atoms with van der Waals surface area (Å²) >= 11 is 6.34. The minimum atomic E-state index is 0.468. The van der Waals surface area contributed by atoms with Crippen LogP contribution in [-0.4, -0.2) is 26.2 Å². The number of anilines is 1. The third-order valence-electron chi connectivity index (χ3n) is 4.36. The first-order chi connectivity index (χ1) is 10.1. The molecule has 3 unspecified atom stereocenters. The maximum Gasteiger partial charge on any atom is 0.143 e. The van der Waals surface area contributed by atoms with Gasteiger partial charge >= 0.3 is 0 Å². The minimum absolute atomic E-state index is 0.468. The third kappa shape index (κ3) is 3.18. The van der Waals surface area contributed by atoms with E-state index in [0.717, 1.165) is 22.3 Å². The standard InChI is InChI=1S/C15H20ClN5/c1-10-3-4-11(2)14(7-10)18-15-8-12(5-6-13(15)16)21-9-17-19-20-21/h5-6,8-11,14,18H,3-4,7H2,1-2H3. The highest BCUT2D eigenvalue weighted by molar-refractivity contribution is 6.33. The van der Waals surface area contributed by atoms with E-state index >= 15 is 0 Å². The minimum Gasteiger partial charge on any atom is -0.381 e. The van der Waals surface area contributed by atoms with E-state index in [9.17, 15) is 0 Å². The number of rotatable bonds is 3. The van der Waals surface area contributed by atoms with E-state index in [1.54, 1.807) is 11.0 Å². The molecule has 1 aliphatic rings. The maximum absolute atomic E-state index is 6.34. The first-order valence-corrected chi connectivity index (χ1v) is 7.80. The number of nitrogens with zero attached hydrogens (tertiary/aromatic N) is 4. The van der Waals surface area contributed by atoms with Crippen LogP contribution in [-0.2, 0) is 0 Å². The summed E-state index contributed by atoms with van der Waals surface area (Å²) in [5.41, 5.74) is 1.86. The zero-order valence-corrected chi connectivity index (χ0v) is 13.1. The summed E-state index contributed by atoms with van der Waals surface area (Å²) in [5.74, 6) is 1.43. The summed E-state index contributed by atoms with van der Waals surface area (Å²) in [6, 6.07) is 6.27. The molecule has 3 atom stereocenters. The monoisotopic (exact) mass is 305 g/mol. The van der Waals surface area contributed by atoms with Gasteiger partial charge in [0.15, 0.2) is 0 Å². The molecule has 0 amide bonds. The summed E-state index contributed by atoms with van der Waals surface area (Å²) in [4.78, 5) is 0. The smallest absolute Gasteiger partial charge is 0.143 e. The van der Waals surface area contributed by atoms with Crippen LogP contribution in [0.4, 0.5) is 5.69 Å². The van der Waals surface area contributed by atoms with Gasteiger partial charge in [-0.15, -0.1) is 5.10 Å². The van der Waals surface area contributed by atoms with Crippen molar-refractivity contribution in [3.05, 3.63) is 29.5 Å². The molecule has 1 aromatic carbocycles. The summed E-state index contributed by atoms with van der Waals surface area (Å²) in [5, 5.41) is 15.6. The Morgan fingerprint density at radius 2 is 2.14 bits per heavy atom. The molecular weight excluding hydrogens is 286 g/mol. The summed E-state index contributed by atoms with van der Waals surface area (Å²) in [7, 11) is 0. The maximum atomic E-state index is 6.34. The van der Waals surface area contributed by atoms with E-state index in [0.29, 0.717) is 12.0 Å². The Bertz CT molecular complexity index is 598. The zero-order valence-electron chi connectivity index (χ0n) is 12.3. The number of benzene rings is 1. The van der Waals surface area contributed by atoms with Gasteiger partial charge in [-0.3, -0.25) is 0 Å². The van der Waals surface area contributed by atoms with Crippen LogP contribution in [0, 0.1) is 11.8 Å². The van der Waals surface area contributed by atoms with E-state index in [1.165, 1.54) is 19.3 Å². The Kier molecular flexibility index (Phi) is 4.10. The van der Waals surface area contributed by atoms with Crippen LogP contribution in [0.25, 0.3) is 5.69 Å². The van der Waals surface area contributed by atoms with E-state index < -0.39 is 0 Å². The van der Waals surface area contributed by atoms with Gasteiger partial charge in [-0.1, -0.05) is 31.9 Å². The van der Waals surface area contributed by atoms with Gasteiger partial charge in [0.05, 0.1) is 16.4 Å². The molecule has 3 rings (SSSR count). The lowest BCUT2D eigenvalue weighted by Crippen LogP contribution is -2.33. The van der Waals surface area contributed by atoms with Crippen LogP contribution in [0.1, 0.15) is 33.1 Å². The number of nitrogens with one attached hydrogen (secondary N) is 1. The molecule has 1 saturated carbocycles. The van der Waals surface area contributed by atoms with Crippen LogP contribution in [0.15, 0.2) is 24.5 Å². The van der Waals surface area contributed by atoms with Gasteiger partial charge in [-0.2, -0.15) is 0 Å². The van der Waals surface area contributed by atoms with Crippen LogP contribution >= 0.6 is 11.6 Å². The van der Waals surface area contributed by atoms with Crippen molar-refractivity contribution in [1.29, 1.82) is 0 Å². The Hall–Kier alpha value is -1.62. The number of hydrogen-bond donors (Lipinski definition) is 1. The van der Waals surface area contributed by atoms with E-state index in [2.05, 4.69) is 34.7 Å². The molecule has 0 radical (unpaired) electrons. The second kappa shape index (κ2) is 6.02. The average molecular weight is 306 g/mol. The Labute approximate surface area is 129 Å². The summed E-state index contributed by atoms with van der Waals surface area (Å²) in [6.45, 7) is 4.63. The van der Waals surface area contributed by atoms with Crippen molar-refractivity contribution in [2.24, 2.45) is 11.8 Å². The van der Waals surface area contributed by atoms with Crippen LogP contribution < -0.4 is 5.32 Å². The molecule has 6 heteroatoms. The number of aromatic nitrogens is 4. The van der Waals surface area contributed by atoms with Gasteiger partial charge in [0.25, 0.3) is 0 Å². The Balaban J connectivity index is 1.82. The van der Waals surface area contributed by atoms with Gasteiger partial charge < -0.3 is 5.32 Å². The number of tetrazole rings is 1. The molecular formula is C15H20ClN5. The first kappa shape index (κ1) is 14.3. The molecule has 1 heterocycles. The Morgan fingerprint density at radius 1 is 1.29 bits per heavy atom. The molecule has 5 nitrogen and oxygen atoms in total. The molecule has 1 aromatic heterocycles. The first-order valence-electron chi connectivity index (χ1n) is 7.43. The van der Waals surface area contributed by atoms with Crippen molar-refractivity contribution < 1.29 is 0 Å². The molecule has 0 spiro atoms. The topological polar surface area (TPSA) is 55.6 Å². The Morgan fingerprint density at radius 3 is 2.90 bits per heavy atom. The second-order valence-electron chi connectivity index (χ2n) is 6.06. The largest absolute Gasteiger partial charge is 0.381 e. The van der Waals surface area contributed by atoms with Gasteiger partial charge in [0.2, 0.25) is 0 Å². The van der Waals surface area contributed by atoms with Gasteiger partial charge in [0, 0.05) is 6.04 Å². The van der Waals surface area contributed by atoms with Crippen molar-refractivity contribution in [3.63, 3.8) is 0 Å². The molecule has 0 aliphatic heterocycles. The van der Waals surface area contributed by atoms with Crippen molar-refractivity contribution in [1.82, 2.24) is 20.2 Å². The van der Waals surface area contributed by atoms with Crippen molar-refractivity contribution in [2.75, 3.05) is 5.32 Å². The SMILES string of the molecule is CC1CCC(C)C(Nc2cc(-n3cnnn3)ccc2Cl)C1. The molecule has 0 bridgehead atoms. The van der Waals surface area contributed by atoms with Gasteiger partial charge in [-0.25, -0.2) is 4.68 Å². The van der Waals surface area contributed by atoms with Crippen LogP contribution in [0.5, 0.6) is 0 Å². The van der Waals surface area contributed by atoms with Gasteiger partial charge in [-0.05, 0) is 53.3 Å². The van der Waals surface area contributed by atoms with E-state index in [-0.39, 0.29) is 0 Å². The fourth-order valence-corrected chi connectivity index (χ4v) is 3.15. The average Bonchev–Trinajstić information content (AvgIpc) is 2.99. The van der Waals surface area contributed by atoms with Crippen molar-refractivity contribution in [3.8, 4) is 5.69 Å². The summed E-state index contributed by atoms with van der Waals surface area (Å²) in [6.07, 6.45) is 5.35. The van der Waals surface area contributed by atoms with Gasteiger partial charge in [0.1, 0.15) is 6.33 Å². The predicted octanol–water partition coefficient (Wildman–Crippen LogP) is 3.55. The summed E-state index contributed by atoms with van der Waals surface area (Å²) < 4.78 is 1.63. The highest BCUT2D eigenvalue weighted by atomic mass is 35.5. The molecule has 21 heavy (non-hydrogen) atoms. The second-order valence-corrected chi connectivity index (χ2v) is 6.47. The number of halogens is 1. The quantitative estimate of drug-likeness (QED) is 0.942. The molecule has 1 aliphatic carbocycles. The van der Waals surface area contributed by atoms with E-state index in [1.807, 2.05) is 18.2 Å². The van der Waals surface area contributed by atoms with Crippen LogP contribution in [0.2, 0.25) is 5.02 Å². The lowest BCUT2D eigenvalue weighted by molar-refractivity contribution is 0.281. The fraction of sp³-hybridized carbons (Fsp3) is 0.533. The molecule has 1 N–H and O–H groups in total. The molecule has 1 fully saturated rings. The zero-order chi connectivity index (χ0) is 14.8. The number of hydrogen-bond acceptors (Lipinski definition) is 4. The highest BCUT2D eigenvalue weighted by Gasteiger charge is 2.25. The van der Waals surface area contributed by atoms with Crippen molar-refractivity contribution in [2.45, 2.75) is 39.2 Å². The highest BCUT2D eigenvalue weighted by Crippen LogP contribution is 2.33. The lowest BCUT2D eigenvalue weighted by atomic mass is 9.80. The fourth-order valence-electron chi connectivity index (χ4n) is 2.98. The predicted molar refractivity (Wildman–Crippen MR) is 83.8 cm³/mol. The molecule has 112 valence electrons. The van der Waals surface area contributed by atoms with E-state index in [4.69, 9.17) is 11.6 Å². The lowest BCUT2D eigenvalue weighted by Gasteiger charge is -2.34. The molecule has 2 aromatic rings. The third-order valence-corrected chi connectivity index (χ3v) is 4.69. The normalized spacial score (nSPS) is 25.8.